The topological polar surface area (TPSA) is 49.4 Å². The van der Waals surface area contributed by atoms with Crippen molar-refractivity contribution in [2.45, 2.75) is 6.42 Å². The van der Waals surface area contributed by atoms with Gasteiger partial charge in [0.25, 0.3) is 0 Å². The van der Waals surface area contributed by atoms with Gasteiger partial charge in [-0.15, -0.1) is 0 Å². The zero-order chi connectivity index (χ0) is 17.3. The molecule has 3 rings (SSSR count). The van der Waals surface area contributed by atoms with Crippen molar-refractivity contribution in [1.82, 2.24) is 0 Å². The molecule has 0 spiro atoms. The van der Waals surface area contributed by atoms with Crippen molar-refractivity contribution in [3.8, 4) is 0 Å². The molecule has 1 aliphatic heterocycles. The Labute approximate surface area is 145 Å². The van der Waals surface area contributed by atoms with Crippen LogP contribution in [-0.4, -0.2) is 18.4 Å². The van der Waals surface area contributed by atoms with Crippen molar-refractivity contribution in [3.05, 3.63) is 58.6 Å². The fourth-order valence-electron chi connectivity index (χ4n) is 2.61. The number of carbonyl (C=O) groups excluding carboxylic acids is 2. The standard InChI is InChI=1S/C17H13BrF2N2O2/c18-12-3-1-2-4-15(12)22-9-10(7-16(22)23)17(24)21-14-6-5-11(19)8-13(14)20/h1-6,8,10H,7,9H2,(H,21,24). The Bertz CT molecular complexity index is 813. The van der Waals surface area contributed by atoms with Crippen molar-refractivity contribution >= 4 is 39.1 Å². The van der Waals surface area contributed by atoms with E-state index in [0.717, 1.165) is 16.6 Å². The lowest BCUT2D eigenvalue weighted by atomic mass is 10.1. The van der Waals surface area contributed by atoms with E-state index in [1.165, 1.54) is 4.90 Å². The molecule has 0 radical (unpaired) electrons. The molecule has 1 heterocycles. The summed E-state index contributed by atoms with van der Waals surface area (Å²) in [6.07, 6.45) is 0.0377. The summed E-state index contributed by atoms with van der Waals surface area (Å²) in [5.74, 6) is -2.82. The number of para-hydroxylation sites is 1. The summed E-state index contributed by atoms with van der Waals surface area (Å²) < 4.78 is 27.3. The van der Waals surface area contributed by atoms with Crippen LogP contribution in [0.2, 0.25) is 0 Å². The SMILES string of the molecule is O=C(Nc1ccc(F)cc1F)C1CC(=O)N(c2ccccc2Br)C1. The van der Waals surface area contributed by atoms with E-state index in [4.69, 9.17) is 0 Å². The van der Waals surface area contributed by atoms with Crippen molar-refractivity contribution < 1.29 is 18.4 Å². The number of amides is 2. The highest BCUT2D eigenvalue weighted by Crippen LogP contribution is 2.31. The largest absolute Gasteiger partial charge is 0.323 e. The molecule has 2 aromatic rings. The first-order valence-electron chi connectivity index (χ1n) is 7.26. The molecule has 1 aliphatic rings. The summed E-state index contributed by atoms with van der Waals surface area (Å²) in [7, 11) is 0. The number of nitrogens with one attached hydrogen (secondary N) is 1. The molecule has 1 fully saturated rings. The van der Waals surface area contributed by atoms with Crippen LogP contribution in [0.5, 0.6) is 0 Å². The summed E-state index contributed by atoms with van der Waals surface area (Å²) in [5.41, 5.74) is 0.582. The predicted octanol–water partition coefficient (Wildman–Crippen LogP) is 3.72. The quantitative estimate of drug-likeness (QED) is 0.862. The first-order valence-corrected chi connectivity index (χ1v) is 8.06. The van der Waals surface area contributed by atoms with Gasteiger partial charge in [-0.3, -0.25) is 9.59 Å². The Morgan fingerprint density at radius 1 is 1.21 bits per heavy atom. The number of anilines is 2. The first kappa shape index (κ1) is 16.6. The summed E-state index contributed by atoms with van der Waals surface area (Å²) in [6.45, 7) is 0.204. The molecule has 7 heteroatoms. The van der Waals surface area contributed by atoms with Crippen LogP contribution in [0.1, 0.15) is 6.42 Å². The van der Waals surface area contributed by atoms with E-state index in [2.05, 4.69) is 21.2 Å². The van der Waals surface area contributed by atoms with Crippen LogP contribution >= 0.6 is 15.9 Å². The average Bonchev–Trinajstić information content (AvgIpc) is 2.92. The van der Waals surface area contributed by atoms with Gasteiger partial charge in [-0.05, 0) is 40.2 Å². The minimum Gasteiger partial charge on any atom is -0.323 e. The van der Waals surface area contributed by atoms with Crippen molar-refractivity contribution in [2.24, 2.45) is 5.92 Å². The van der Waals surface area contributed by atoms with E-state index < -0.39 is 23.5 Å². The van der Waals surface area contributed by atoms with E-state index in [-0.39, 0.29) is 24.6 Å². The maximum absolute atomic E-state index is 13.6. The van der Waals surface area contributed by atoms with Crippen molar-refractivity contribution in [2.75, 3.05) is 16.8 Å². The lowest BCUT2D eigenvalue weighted by molar-refractivity contribution is -0.122. The normalized spacial score (nSPS) is 17.2. The van der Waals surface area contributed by atoms with Crippen LogP contribution in [0.3, 0.4) is 0 Å². The maximum Gasteiger partial charge on any atom is 0.229 e. The van der Waals surface area contributed by atoms with E-state index in [1.54, 1.807) is 12.1 Å². The van der Waals surface area contributed by atoms with Gasteiger partial charge in [0.15, 0.2) is 0 Å². The monoisotopic (exact) mass is 394 g/mol. The number of nitrogens with zero attached hydrogens (tertiary/aromatic N) is 1. The molecule has 1 atom stereocenters. The molecule has 2 amide bonds. The van der Waals surface area contributed by atoms with E-state index in [0.29, 0.717) is 11.8 Å². The predicted molar refractivity (Wildman–Crippen MR) is 89.6 cm³/mol. The Kier molecular flexibility index (Phi) is 4.62. The highest BCUT2D eigenvalue weighted by Gasteiger charge is 2.36. The first-order chi connectivity index (χ1) is 11.5. The summed E-state index contributed by atoms with van der Waals surface area (Å²) in [6, 6.07) is 10.1. The average molecular weight is 395 g/mol. The third-order valence-electron chi connectivity index (χ3n) is 3.83. The smallest absolute Gasteiger partial charge is 0.229 e. The zero-order valence-corrected chi connectivity index (χ0v) is 14.0. The van der Waals surface area contributed by atoms with E-state index >= 15 is 0 Å². The van der Waals surface area contributed by atoms with Crippen molar-refractivity contribution in [1.29, 1.82) is 0 Å². The second-order valence-electron chi connectivity index (χ2n) is 5.47. The molecule has 0 saturated carbocycles. The second kappa shape index (κ2) is 6.68. The Morgan fingerprint density at radius 2 is 1.96 bits per heavy atom. The molecule has 1 N–H and O–H groups in total. The molecule has 1 saturated heterocycles. The lowest BCUT2D eigenvalue weighted by Crippen LogP contribution is -2.28. The van der Waals surface area contributed by atoms with Gasteiger partial charge in [0.2, 0.25) is 11.8 Å². The van der Waals surface area contributed by atoms with Crippen LogP contribution < -0.4 is 10.2 Å². The Hall–Kier alpha value is -2.28. The molecule has 0 aliphatic carbocycles. The number of hydrogen-bond acceptors (Lipinski definition) is 2. The second-order valence-corrected chi connectivity index (χ2v) is 6.32. The van der Waals surface area contributed by atoms with Gasteiger partial charge in [-0.2, -0.15) is 0 Å². The number of carbonyl (C=O) groups is 2. The fraction of sp³-hybridized carbons (Fsp3) is 0.176. The highest BCUT2D eigenvalue weighted by molar-refractivity contribution is 9.10. The van der Waals surface area contributed by atoms with Crippen LogP contribution in [0.4, 0.5) is 20.2 Å². The van der Waals surface area contributed by atoms with E-state index in [1.807, 2.05) is 12.1 Å². The number of hydrogen-bond donors (Lipinski definition) is 1. The molecular weight excluding hydrogens is 382 g/mol. The molecule has 1 unspecified atom stereocenters. The van der Waals surface area contributed by atoms with Gasteiger partial charge in [0.05, 0.1) is 17.3 Å². The molecule has 24 heavy (non-hydrogen) atoms. The van der Waals surface area contributed by atoms with Crippen LogP contribution in [-0.2, 0) is 9.59 Å². The summed E-state index contributed by atoms with van der Waals surface area (Å²) >= 11 is 3.38. The number of halogens is 3. The van der Waals surface area contributed by atoms with Gasteiger partial charge < -0.3 is 10.2 Å². The van der Waals surface area contributed by atoms with Gasteiger partial charge in [0, 0.05) is 23.5 Å². The molecule has 2 aromatic carbocycles. The summed E-state index contributed by atoms with van der Waals surface area (Å²) in [4.78, 5) is 26.0. The highest BCUT2D eigenvalue weighted by atomic mass is 79.9. The van der Waals surface area contributed by atoms with Gasteiger partial charge in [-0.25, -0.2) is 8.78 Å². The minimum absolute atomic E-state index is 0.0377. The Morgan fingerprint density at radius 3 is 2.67 bits per heavy atom. The van der Waals surface area contributed by atoms with Gasteiger partial charge in [0.1, 0.15) is 11.6 Å². The molecule has 0 aromatic heterocycles. The number of benzene rings is 2. The fourth-order valence-corrected chi connectivity index (χ4v) is 3.11. The van der Waals surface area contributed by atoms with Gasteiger partial charge in [-0.1, -0.05) is 12.1 Å². The van der Waals surface area contributed by atoms with Crippen LogP contribution in [0.25, 0.3) is 0 Å². The van der Waals surface area contributed by atoms with E-state index in [9.17, 15) is 18.4 Å². The zero-order valence-electron chi connectivity index (χ0n) is 12.4. The minimum atomic E-state index is -0.852. The summed E-state index contributed by atoms with van der Waals surface area (Å²) in [5, 5.41) is 2.42. The molecule has 4 nitrogen and oxygen atoms in total. The Balaban J connectivity index is 1.73. The van der Waals surface area contributed by atoms with Gasteiger partial charge >= 0.3 is 0 Å². The lowest BCUT2D eigenvalue weighted by Gasteiger charge is -2.18. The van der Waals surface area contributed by atoms with Crippen LogP contribution in [0.15, 0.2) is 46.9 Å². The molecule has 124 valence electrons. The van der Waals surface area contributed by atoms with Crippen LogP contribution in [0, 0.1) is 17.6 Å². The number of rotatable bonds is 3. The third-order valence-corrected chi connectivity index (χ3v) is 4.50. The molecular formula is C17H13BrF2N2O2. The third kappa shape index (κ3) is 3.31. The van der Waals surface area contributed by atoms with Crippen molar-refractivity contribution in [3.63, 3.8) is 0 Å². The molecule has 0 bridgehead atoms. The maximum atomic E-state index is 13.6.